The second-order valence-electron chi connectivity index (χ2n) is 13.6. The number of benzene rings is 2. The molecule has 7 nitrogen and oxygen atoms in total. The summed E-state index contributed by atoms with van der Waals surface area (Å²) in [5, 5.41) is 25.2. The Morgan fingerprint density at radius 2 is 1.84 bits per heavy atom. The Balaban J connectivity index is 1.25. The van der Waals surface area contributed by atoms with E-state index in [4.69, 9.17) is 16.3 Å². The van der Waals surface area contributed by atoms with Crippen molar-refractivity contribution in [2.24, 2.45) is 11.8 Å². The van der Waals surface area contributed by atoms with Crippen LogP contribution in [-0.4, -0.2) is 52.2 Å². The van der Waals surface area contributed by atoms with Crippen molar-refractivity contribution >= 4 is 23.2 Å². The monoisotopic (exact) mass is 617 g/mol. The lowest BCUT2D eigenvalue weighted by Gasteiger charge is -2.49. The number of nitrogens with one attached hydrogen (secondary N) is 1. The summed E-state index contributed by atoms with van der Waals surface area (Å²) in [5.41, 5.74) is 4.51. The number of aromatic hydroxyl groups is 2. The van der Waals surface area contributed by atoms with Crippen molar-refractivity contribution in [2.45, 2.75) is 82.1 Å². The molecule has 1 spiro atoms. The predicted molar refractivity (Wildman–Crippen MR) is 174 cm³/mol. The van der Waals surface area contributed by atoms with Gasteiger partial charge in [-0.3, -0.25) is 9.78 Å². The van der Waals surface area contributed by atoms with E-state index in [9.17, 15) is 15.0 Å². The number of hydrogen-bond acceptors (Lipinski definition) is 6. The standard InChI is InChI=1S/C36H44ClN3O4/c1-23(22-44-33-11-16-38-30-10-5-4-9-28(30)33)17-25-18-24-19-31(41)32(42)21-29(24)35(25)12-14-36(15-13-35,34(43)40(2)3)39-27-8-6-7-26(37)20-27/h6-8,11,16,19-21,23,25,39,41-42H,4-5,9-10,12-15,17-18,22H2,1-3H3/t23-,25?,35?,36?/m1/s1. The molecule has 234 valence electrons. The Morgan fingerprint density at radius 1 is 1.09 bits per heavy atom. The van der Waals surface area contributed by atoms with Gasteiger partial charge in [0.2, 0.25) is 5.91 Å². The molecule has 8 heteroatoms. The maximum Gasteiger partial charge on any atom is 0.247 e. The van der Waals surface area contributed by atoms with E-state index in [1.165, 1.54) is 24.1 Å². The molecule has 3 aliphatic carbocycles. The van der Waals surface area contributed by atoms with E-state index in [0.717, 1.165) is 61.1 Å². The summed E-state index contributed by atoms with van der Waals surface area (Å²) >= 11 is 6.31. The minimum absolute atomic E-state index is 0.0538. The lowest BCUT2D eigenvalue weighted by molar-refractivity contribution is -0.135. The number of rotatable bonds is 8. The maximum atomic E-state index is 13.8. The first-order chi connectivity index (χ1) is 21.1. The van der Waals surface area contributed by atoms with Gasteiger partial charge in [-0.15, -0.1) is 0 Å². The predicted octanol–water partition coefficient (Wildman–Crippen LogP) is 7.05. The number of carbonyl (C=O) groups excluding carboxylic acids is 1. The summed E-state index contributed by atoms with van der Waals surface area (Å²) in [7, 11) is 3.62. The average Bonchev–Trinajstić information content (AvgIpc) is 3.28. The fraction of sp³-hybridized carbons (Fsp3) is 0.500. The van der Waals surface area contributed by atoms with Crippen LogP contribution in [0.15, 0.2) is 48.7 Å². The van der Waals surface area contributed by atoms with Crippen molar-refractivity contribution in [3.63, 3.8) is 0 Å². The van der Waals surface area contributed by atoms with Crippen LogP contribution >= 0.6 is 11.6 Å². The van der Waals surface area contributed by atoms with Gasteiger partial charge in [-0.2, -0.15) is 0 Å². The number of aryl methyl sites for hydroxylation is 1. The number of fused-ring (bicyclic) bond motifs is 3. The molecule has 1 amide bonds. The highest BCUT2D eigenvalue weighted by atomic mass is 35.5. The molecule has 1 heterocycles. The number of carbonyl (C=O) groups is 1. The summed E-state index contributed by atoms with van der Waals surface area (Å²) in [5.74, 6) is 1.45. The third-order valence-electron chi connectivity index (χ3n) is 10.4. The van der Waals surface area contributed by atoms with Crippen LogP contribution in [0, 0.1) is 11.8 Å². The smallest absolute Gasteiger partial charge is 0.247 e. The summed E-state index contributed by atoms with van der Waals surface area (Å²) in [4.78, 5) is 20.0. The molecule has 1 aromatic heterocycles. The van der Waals surface area contributed by atoms with Gasteiger partial charge in [0, 0.05) is 42.3 Å². The van der Waals surface area contributed by atoms with Crippen LogP contribution < -0.4 is 10.1 Å². The first-order valence-electron chi connectivity index (χ1n) is 16.0. The number of halogens is 1. The zero-order chi connectivity index (χ0) is 31.1. The lowest BCUT2D eigenvalue weighted by Crippen LogP contribution is -2.56. The minimum atomic E-state index is -0.763. The highest BCUT2D eigenvalue weighted by molar-refractivity contribution is 6.30. The van der Waals surface area contributed by atoms with E-state index >= 15 is 0 Å². The zero-order valence-corrected chi connectivity index (χ0v) is 26.8. The Kier molecular flexibility index (Phi) is 8.44. The summed E-state index contributed by atoms with van der Waals surface area (Å²) < 4.78 is 6.44. The molecule has 0 bridgehead atoms. The van der Waals surface area contributed by atoms with Crippen molar-refractivity contribution in [3.8, 4) is 17.2 Å². The molecule has 0 radical (unpaired) electrons. The highest BCUT2D eigenvalue weighted by Crippen LogP contribution is 2.57. The number of hydrogen-bond donors (Lipinski definition) is 3. The number of phenolic OH excluding ortho intramolecular Hbond substituents is 2. The number of amides is 1. The Hall–Kier alpha value is -3.45. The van der Waals surface area contributed by atoms with Crippen LogP contribution in [-0.2, 0) is 29.5 Å². The van der Waals surface area contributed by atoms with Gasteiger partial charge in [-0.05, 0) is 129 Å². The van der Waals surface area contributed by atoms with Crippen LogP contribution in [0.5, 0.6) is 17.2 Å². The molecule has 1 fully saturated rings. The zero-order valence-electron chi connectivity index (χ0n) is 26.0. The highest BCUT2D eigenvalue weighted by Gasteiger charge is 2.54. The molecule has 44 heavy (non-hydrogen) atoms. The number of ether oxygens (including phenoxy) is 1. The SMILES string of the molecule is C[C@@H](COc1ccnc2c1CCCC2)CC1Cc2cc(O)c(O)cc2C12CCC(Nc1cccc(Cl)c1)(C(=O)N(C)C)CC2. The number of likely N-dealkylation sites (N-methyl/N-ethyl adjacent to an activating group) is 1. The lowest BCUT2D eigenvalue weighted by atomic mass is 9.59. The molecule has 0 saturated heterocycles. The van der Waals surface area contributed by atoms with Crippen molar-refractivity contribution in [1.82, 2.24) is 9.88 Å². The van der Waals surface area contributed by atoms with E-state index in [-0.39, 0.29) is 22.8 Å². The van der Waals surface area contributed by atoms with Gasteiger partial charge in [-0.1, -0.05) is 24.6 Å². The van der Waals surface area contributed by atoms with Gasteiger partial charge in [0.25, 0.3) is 0 Å². The van der Waals surface area contributed by atoms with Crippen molar-refractivity contribution in [3.05, 3.63) is 76.1 Å². The Morgan fingerprint density at radius 3 is 2.59 bits per heavy atom. The summed E-state index contributed by atoms with van der Waals surface area (Å²) in [6.45, 7) is 2.87. The quantitative estimate of drug-likeness (QED) is 0.234. The molecule has 2 atom stereocenters. The van der Waals surface area contributed by atoms with Gasteiger partial charge in [0.15, 0.2) is 11.5 Å². The van der Waals surface area contributed by atoms with E-state index < -0.39 is 5.54 Å². The number of phenols is 2. The molecule has 3 aliphatic rings. The van der Waals surface area contributed by atoms with Crippen molar-refractivity contribution in [2.75, 3.05) is 26.0 Å². The maximum absolute atomic E-state index is 13.8. The number of anilines is 1. The molecule has 1 saturated carbocycles. The normalized spacial score (nSPS) is 24.8. The Labute approximate surface area is 265 Å². The third kappa shape index (κ3) is 5.71. The molecule has 6 rings (SSSR count). The van der Waals surface area contributed by atoms with Crippen molar-refractivity contribution in [1.29, 1.82) is 0 Å². The van der Waals surface area contributed by atoms with Crippen LogP contribution in [0.1, 0.15) is 74.3 Å². The van der Waals surface area contributed by atoms with Gasteiger partial charge in [0.1, 0.15) is 11.3 Å². The van der Waals surface area contributed by atoms with Crippen molar-refractivity contribution < 1.29 is 19.7 Å². The van der Waals surface area contributed by atoms with E-state index in [2.05, 4.69) is 17.2 Å². The first kappa shape index (κ1) is 30.6. The fourth-order valence-corrected chi connectivity index (χ4v) is 8.41. The molecular formula is C36H44ClN3O4. The fourth-order valence-electron chi connectivity index (χ4n) is 8.22. The molecule has 3 N–H and O–H groups in total. The average molecular weight is 618 g/mol. The van der Waals surface area contributed by atoms with Crippen LogP contribution in [0.25, 0.3) is 0 Å². The number of aromatic nitrogens is 1. The van der Waals surface area contributed by atoms with Gasteiger partial charge >= 0.3 is 0 Å². The summed E-state index contributed by atoms with van der Waals surface area (Å²) in [6.07, 6.45) is 10.9. The van der Waals surface area contributed by atoms with E-state index in [1.807, 2.05) is 50.6 Å². The topological polar surface area (TPSA) is 94.9 Å². The van der Waals surface area contributed by atoms with Gasteiger partial charge in [-0.25, -0.2) is 0 Å². The largest absolute Gasteiger partial charge is 0.504 e. The number of nitrogens with zero attached hydrogens (tertiary/aromatic N) is 2. The molecular weight excluding hydrogens is 574 g/mol. The van der Waals surface area contributed by atoms with Crippen LogP contribution in [0.3, 0.4) is 0 Å². The molecule has 1 unspecified atom stereocenters. The van der Waals surface area contributed by atoms with Crippen LogP contribution in [0.2, 0.25) is 5.02 Å². The van der Waals surface area contributed by atoms with Gasteiger partial charge in [0.05, 0.1) is 6.61 Å². The third-order valence-corrected chi connectivity index (χ3v) is 10.6. The van der Waals surface area contributed by atoms with E-state index in [0.29, 0.717) is 36.3 Å². The second-order valence-corrected chi connectivity index (χ2v) is 14.0. The number of pyridine rings is 1. The molecule has 0 aliphatic heterocycles. The Bertz CT molecular complexity index is 1530. The first-order valence-corrected chi connectivity index (χ1v) is 16.4. The molecule has 2 aromatic carbocycles. The van der Waals surface area contributed by atoms with Crippen LogP contribution in [0.4, 0.5) is 5.69 Å². The van der Waals surface area contributed by atoms with E-state index in [1.54, 1.807) is 17.0 Å². The van der Waals surface area contributed by atoms with Gasteiger partial charge < -0.3 is 25.2 Å². The minimum Gasteiger partial charge on any atom is -0.504 e. The molecule has 3 aromatic rings. The second kappa shape index (κ2) is 12.2. The summed E-state index contributed by atoms with van der Waals surface area (Å²) in [6, 6.07) is 13.1.